The van der Waals surface area contributed by atoms with Crippen LogP contribution in [0, 0.1) is 0 Å². The third-order valence-electron chi connectivity index (χ3n) is 7.41. The number of ether oxygens (including phenoxy) is 1. The van der Waals surface area contributed by atoms with Crippen LogP contribution in [0.2, 0.25) is 0 Å². The van der Waals surface area contributed by atoms with E-state index in [4.69, 9.17) is 4.74 Å². The molecule has 1 heteroatoms. The number of para-hydroxylation sites is 1. The van der Waals surface area contributed by atoms with Crippen LogP contribution in [0.5, 0.6) is 11.5 Å². The molecule has 0 unspecified atom stereocenters. The smallest absolute Gasteiger partial charge is 0.135 e. The topological polar surface area (TPSA) is 9.23 Å². The van der Waals surface area contributed by atoms with Crippen LogP contribution in [-0.2, 0) is 0 Å². The zero-order valence-corrected chi connectivity index (χ0v) is 19.0. The summed E-state index contributed by atoms with van der Waals surface area (Å²) in [5.74, 6) is 1.84. The predicted molar refractivity (Wildman–Crippen MR) is 147 cm³/mol. The maximum Gasteiger partial charge on any atom is 0.135 e. The lowest BCUT2D eigenvalue weighted by Crippen LogP contribution is -1.97. The van der Waals surface area contributed by atoms with E-state index in [1.807, 2.05) is 12.1 Å². The average Bonchev–Trinajstić information content (AvgIpc) is 2.92. The lowest BCUT2D eigenvalue weighted by molar-refractivity contribution is 0.487. The fraction of sp³-hybridized carbons (Fsp3) is 0. The lowest BCUT2D eigenvalue weighted by atomic mass is 9.87. The van der Waals surface area contributed by atoms with Gasteiger partial charge in [0.1, 0.15) is 11.5 Å². The van der Waals surface area contributed by atoms with Crippen molar-refractivity contribution >= 4 is 43.1 Å². The van der Waals surface area contributed by atoms with E-state index in [0.717, 1.165) is 17.1 Å². The molecule has 7 aromatic rings. The van der Waals surface area contributed by atoms with E-state index in [-0.39, 0.29) is 0 Å². The van der Waals surface area contributed by atoms with E-state index in [2.05, 4.69) is 109 Å². The fourth-order valence-electron chi connectivity index (χ4n) is 5.83. The van der Waals surface area contributed by atoms with Crippen LogP contribution in [0.25, 0.3) is 65.3 Å². The van der Waals surface area contributed by atoms with Gasteiger partial charge in [0, 0.05) is 10.9 Å². The molecule has 7 aromatic carbocycles. The van der Waals surface area contributed by atoms with Gasteiger partial charge in [-0.25, -0.2) is 0 Å². The van der Waals surface area contributed by atoms with E-state index in [1.54, 1.807) is 0 Å². The largest absolute Gasteiger partial charge is 0.456 e. The summed E-state index contributed by atoms with van der Waals surface area (Å²) in [5, 5.41) is 10.1. The highest BCUT2D eigenvalue weighted by Gasteiger charge is 2.22. The minimum absolute atomic E-state index is 0.920. The molecular formula is C34H20O. The Morgan fingerprint density at radius 3 is 1.97 bits per heavy atom. The molecule has 0 saturated heterocycles. The molecule has 162 valence electrons. The van der Waals surface area contributed by atoms with Gasteiger partial charge >= 0.3 is 0 Å². The van der Waals surface area contributed by atoms with E-state index in [9.17, 15) is 0 Å². The van der Waals surface area contributed by atoms with Crippen molar-refractivity contribution in [2.24, 2.45) is 0 Å². The molecule has 8 rings (SSSR count). The molecule has 0 spiro atoms. The fourth-order valence-corrected chi connectivity index (χ4v) is 5.83. The normalized spacial score (nSPS) is 12.2. The molecule has 35 heavy (non-hydrogen) atoms. The Labute approximate surface area is 202 Å². The second kappa shape index (κ2) is 6.94. The summed E-state index contributed by atoms with van der Waals surface area (Å²) in [4.78, 5) is 0. The summed E-state index contributed by atoms with van der Waals surface area (Å²) in [6.45, 7) is 0. The molecule has 1 aliphatic rings. The standard InChI is InChI=1S/C34H20O/c1-2-9-22-19-30-23(18-21(22)8-1)20-31(25-11-4-3-10-24(25)30)26-16-17-33-34-28(26)13-7-14-29(34)27-12-5-6-15-32(27)35-33/h1-20H. The van der Waals surface area contributed by atoms with Gasteiger partial charge in [-0.1, -0.05) is 91.0 Å². The number of hydrogen-bond acceptors (Lipinski definition) is 1. The van der Waals surface area contributed by atoms with E-state index in [1.165, 1.54) is 59.8 Å². The van der Waals surface area contributed by atoms with Crippen molar-refractivity contribution < 1.29 is 4.74 Å². The summed E-state index contributed by atoms with van der Waals surface area (Å²) >= 11 is 0. The van der Waals surface area contributed by atoms with Crippen molar-refractivity contribution in [3.8, 4) is 33.8 Å². The minimum Gasteiger partial charge on any atom is -0.456 e. The predicted octanol–water partition coefficient (Wildman–Crippen LogP) is 9.74. The molecule has 1 nitrogen and oxygen atoms in total. The first kappa shape index (κ1) is 18.8. The summed E-state index contributed by atoms with van der Waals surface area (Å²) < 4.78 is 6.35. The number of benzene rings is 7. The van der Waals surface area contributed by atoms with Gasteiger partial charge in [-0.2, -0.15) is 0 Å². The Bertz CT molecular complexity index is 1980. The highest BCUT2D eigenvalue weighted by atomic mass is 16.5. The molecule has 0 aromatic heterocycles. The van der Waals surface area contributed by atoms with Gasteiger partial charge in [0.05, 0.1) is 0 Å². The third kappa shape index (κ3) is 2.64. The van der Waals surface area contributed by atoms with Crippen molar-refractivity contribution in [3.05, 3.63) is 121 Å². The summed E-state index contributed by atoms with van der Waals surface area (Å²) in [7, 11) is 0. The Hall–Kier alpha value is -4.62. The molecule has 0 N–H and O–H groups in total. The average molecular weight is 445 g/mol. The van der Waals surface area contributed by atoms with Crippen LogP contribution >= 0.6 is 0 Å². The van der Waals surface area contributed by atoms with Gasteiger partial charge in [-0.15, -0.1) is 0 Å². The first-order valence-corrected chi connectivity index (χ1v) is 12.0. The first-order chi connectivity index (χ1) is 17.3. The number of rotatable bonds is 1. The molecule has 0 amide bonds. The molecule has 0 atom stereocenters. The second-order valence-electron chi connectivity index (χ2n) is 9.33. The monoisotopic (exact) mass is 444 g/mol. The van der Waals surface area contributed by atoms with Gasteiger partial charge in [0.2, 0.25) is 0 Å². The Kier molecular flexibility index (Phi) is 3.72. The lowest BCUT2D eigenvalue weighted by Gasteiger charge is -2.23. The highest BCUT2D eigenvalue weighted by molar-refractivity contribution is 6.20. The van der Waals surface area contributed by atoms with Crippen LogP contribution in [-0.4, -0.2) is 0 Å². The van der Waals surface area contributed by atoms with E-state index in [0.29, 0.717) is 0 Å². The van der Waals surface area contributed by atoms with Crippen LogP contribution < -0.4 is 4.74 Å². The zero-order chi connectivity index (χ0) is 22.9. The zero-order valence-electron chi connectivity index (χ0n) is 19.0. The molecule has 0 radical (unpaired) electrons. The minimum atomic E-state index is 0.920. The van der Waals surface area contributed by atoms with Gasteiger partial charge in [-0.05, 0) is 84.7 Å². The number of fused-ring (bicyclic) bond motifs is 6. The van der Waals surface area contributed by atoms with Crippen molar-refractivity contribution in [2.45, 2.75) is 0 Å². The quantitative estimate of drug-likeness (QED) is 0.181. The summed E-state index contributed by atoms with van der Waals surface area (Å²) in [5.41, 5.74) is 4.88. The molecule has 0 bridgehead atoms. The van der Waals surface area contributed by atoms with Crippen molar-refractivity contribution in [2.75, 3.05) is 0 Å². The molecule has 0 saturated carbocycles. The summed E-state index contributed by atoms with van der Waals surface area (Å²) in [6.07, 6.45) is 0. The van der Waals surface area contributed by atoms with Crippen LogP contribution in [0.15, 0.2) is 121 Å². The Balaban J connectivity index is 1.49. The molecule has 0 aliphatic carbocycles. The van der Waals surface area contributed by atoms with Gasteiger partial charge in [0.25, 0.3) is 0 Å². The first-order valence-electron chi connectivity index (χ1n) is 12.0. The van der Waals surface area contributed by atoms with E-state index >= 15 is 0 Å². The van der Waals surface area contributed by atoms with E-state index < -0.39 is 0 Å². The Morgan fingerprint density at radius 2 is 1.06 bits per heavy atom. The van der Waals surface area contributed by atoms with Gasteiger partial charge in [-0.3, -0.25) is 0 Å². The van der Waals surface area contributed by atoms with Crippen molar-refractivity contribution in [3.63, 3.8) is 0 Å². The van der Waals surface area contributed by atoms with Gasteiger partial charge < -0.3 is 4.74 Å². The maximum absolute atomic E-state index is 6.35. The Morgan fingerprint density at radius 1 is 0.343 bits per heavy atom. The molecular weight excluding hydrogens is 424 g/mol. The van der Waals surface area contributed by atoms with Crippen LogP contribution in [0.1, 0.15) is 0 Å². The highest BCUT2D eigenvalue weighted by Crippen LogP contribution is 2.49. The van der Waals surface area contributed by atoms with Crippen LogP contribution in [0.4, 0.5) is 0 Å². The molecule has 1 aliphatic heterocycles. The third-order valence-corrected chi connectivity index (χ3v) is 7.41. The maximum atomic E-state index is 6.35. The van der Waals surface area contributed by atoms with Crippen molar-refractivity contribution in [1.82, 2.24) is 0 Å². The summed E-state index contributed by atoms with van der Waals surface area (Å²) in [6, 6.07) is 43.7. The second-order valence-corrected chi connectivity index (χ2v) is 9.33. The SMILES string of the molecule is c1ccc2c(c1)Oc1ccc(-c3cc4cc5ccccc5cc4c4ccccc34)c3cccc-2c13. The molecule has 1 heterocycles. The number of hydrogen-bond donors (Lipinski definition) is 0. The molecule has 0 fully saturated rings. The van der Waals surface area contributed by atoms with Gasteiger partial charge in [0.15, 0.2) is 0 Å². The van der Waals surface area contributed by atoms with Crippen molar-refractivity contribution in [1.29, 1.82) is 0 Å². The van der Waals surface area contributed by atoms with Crippen LogP contribution in [0.3, 0.4) is 0 Å².